The van der Waals surface area contributed by atoms with Gasteiger partial charge in [-0.3, -0.25) is 0 Å². The van der Waals surface area contributed by atoms with E-state index in [9.17, 15) is 8.42 Å². The number of ether oxygens (including phenoxy) is 1. The summed E-state index contributed by atoms with van der Waals surface area (Å²) < 4.78 is 27.7. The Balaban J connectivity index is 2.02. The maximum absolute atomic E-state index is 11.1. The van der Waals surface area contributed by atoms with Crippen molar-refractivity contribution >= 4 is 15.7 Å². The van der Waals surface area contributed by atoms with Gasteiger partial charge in [-0.25, -0.2) is 13.6 Å². The van der Waals surface area contributed by atoms with Gasteiger partial charge in [-0.15, -0.1) is 0 Å². The highest BCUT2D eigenvalue weighted by Gasteiger charge is 2.06. The van der Waals surface area contributed by atoms with Crippen LogP contribution < -0.4 is 15.6 Å². The van der Waals surface area contributed by atoms with Gasteiger partial charge in [0.1, 0.15) is 12.4 Å². The number of primary sulfonamides is 1. The van der Waals surface area contributed by atoms with Crippen LogP contribution in [0.25, 0.3) is 0 Å². The predicted octanol–water partition coefficient (Wildman–Crippen LogP) is 1.50. The molecule has 5 nitrogen and oxygen atoms in total. The zero-order valence-corrected chi connectivity index (χ0v) is 10.9. The molecule has 0 aliphatic heterocycles. The van der Waals surface area contributed by atoms with Crippen LogP contribution in [-0.4, -0.2) is 8.42 Å². The first kappa shape index (κ1) is 13.4. The molecule has 0 saturated heterocycles. The maximum atomic E-state index is 11.1. The fourth-order valence-electron chi connectivity index (χ4n) is 1.51. The summed E-state index contributed by atoms with van der Waals surface area (Å²) in [6.07, 6.45) is 0. The van der Waals surface area contributed by atoms with Crippen molar-refractivity contribution in [3.05, 3.63) is 54.1 Å². The Bertz CT molecular complexity index is 649. The van der Waals surface area contributed by atoms with Gasteiger partial charge in [0.25, 0.3) is 0 Å². The van der Waals surface area contributed by atoms with Crippen molar-refractivity contribution in [1.82, 2.24) is 0 Å². The van der Waals surface area contributed by atoms with E-state index in [2.05, 4.69) is 0 Å². The molecule has 0 unspecified atom stereocenters. The van der Waals surface area contributed by atoms with Crippen molar-refractivity contribution in [2.45, 2.75) is 11.5 Å². The molecule has 0 aliphatic carbocycles. The topological polar surface area (TPSA) is 95.4 Å². The van der Waals surface area contributed by atoms with Crippen LogP contribution in [0.5, 0.6) is 5.75 Å². The van der Waals surface area contributed by atoms with Gasteiger partial charge in [0, 0.05) is 5.69 Å². The standard InChI is InChI=1S/C13H14N2O3S/c14-11-3-5-12(6-4-11)18-9-10-1-7-13(8-2-10)19(15,16)17/h1-8H,9,14H2,(H2,15,16,17). The van der Waals surface area contributed by atoms with Crippen LogP contribution in [0.2, 0.25) is 0 Å². The SMILES string of the molecule is Nc1ccc(OCc2ccc(S(N)(=O)=O)cc2)cc1. The van der Waals surface area contributed by atoms with Crippen LogP contribution in [0.15, 0.2) is 53.4 Å². The number of hydrogen-bond donors (Lipinski definition) is 2. The van der Waals surface area contributed by atoms with Crippen molar-refractivity contribution in [3.63, 3.8) is 0 Å². The maximum Gasteiger partial charge on any atom is 0.238 e. The molecular formula is C13H14N2O3S. The summed E-state index contributed by atoms with van der Waals surface area (Å²) in [5, 5.41) is 5.02. The van der Waals surface area contributed by atoms with E-state index in [1.807, 2.05) is 0 Å². The van der Waals surface area contributed by atoms with E-state index in [0.717, 1.165) is 5.56 Å². The van der Waals surface area contributed by atoms with Crippen molar-refractivity contribution in [2.75, 3.05) is 5.73 Å². The van der Waals surface area contributed by atoms with Crippen LogP contribution >= 0.6 is 0 Å². The molecule has 0 saturated carbocycles. The first-order chi connectivity index (χ1) is 8.95. The third-order valence-electron chi connectivity index (χ3n) is 2.54. The second-order valence-electron chi connectivity index (χ2n) is 4.05. The minimum Gasteiger partial charge on any atom is -0.489 e. The highest BCUT2D eigenvalue weighted by molar-refractivity contribution is 7.89. The van der Waals surface area contributed by atoms with Gasteiger partial charge in [-0.05, 0) is 42.0 Å². The summed E-state index contributed by atoms with van der Waals surface area (Å²) in [6, 6.07) is 13.3. The first-order valence-electron chi connectivity index (χ1n) is 5.55. The molecule has 0 aromatic heterocycles. The predicted molar refractivity (Wildman–Crippen MR) is 73.0 cm³/mol. The molecule has 0 bridgehead atoms. The van der Waals surface area contributed by atoms with Crippen molar-refractivity contribution < 1.29 is 13.2 Å². The van der Waals surface area contributed by atoms with E-state index in [4.69, 9.17) is 15.6 Å². The lowest BCUT2D eigenvalue weighted by Crippen LogP contribution is -2.12. The highest BCUT2D eigenvalue weighted by Crippen LogP contribution is 2.15. The summed E-state index contributed by atoms with van der Waals surface area (Å²) in [5.41, 5.74) is 7.09. The second-order valence-corrected chi connectivity index (χ2v) is 5.61. The number of nitrogen functional groups attached to an aromatic ring is 1. The Labute approximate surface area is 111 Å². The molecule has 4 N–H and O–H groups in total. The average Bonchev–Trinajstić information content (AvgIpc) is 2.37. The van der Waals surface area contributed by atoms with Gasteiger partial charge in [0.05, 0.1) is 4.90 Å². The Morgan fingerprint density at radius 3 is 2.05 bits per heavy atom. The fourth-order valence-corrected chi connectivity index (χ4v) is 2.02. The van der Waals surface area contributed by atoms with Gasteiger partial charge in [0.2, 0.25) is 10.0 Å². The zero-order valence-electron chi connectivity index (χ0n) is 10.1. The summed E-state index contributed by atoms with van der Waals surface area (Å²) in [7, 11) is -3.65. The molecule has 0 aliphatic rings. The monoisotopic (exact) mass is 278 g/mol. The van der Waals surface area contributed by atoms with Crippen LogP contribution in [0.1, 0.15) is 5.56 Å². The Morgan fingerprint density at radius 1 is 0.947 bits per heavy atom. The summed E-state index contributed by atoms with van der Waals surface area (Å²) in [6.45, 7) is 0.342. The molecule has 0 heterocycles. The number of benzene rings is 2. The molecule has 2 rings (SSSR count). The third-order valence-corrected chi connectivity index (χ3v) is 3.47. The fraction of sp³-hybridized carbons (Fsp3) is 0.0769. The summed E-state index contributed by atoms with van der Waals surface area (Å²) in [5.74, 6) is 0.699. The molecule has 0 amide bonds. The third kappa shape index (κ3) is 3.70. The smallest absolute Gasteiger partial charge is 0.238 e. The Hall–Kier alpha value is -2.05. The van der Waals surface area contributed by atoms with Crippen LogP contribution in [0.3, 0.4) is 0 Å². The molecule has 2 aromatic rings. The molecule has 19 heavy (non-hydrogen) atoms. The second kappa shape index (κ2) is 5.29. The van der Waals surface area contributed by atoms with Crippen LogP contribution in [0.4, 0.5) is 5.69 Å². The first-order valence-corrected chi connectivity index (χ1v) is 7.10. The zero-order chi connectivity index (χ0) is 13.9. The number of sulfonamides is 1. The van der Waals surface area contributed by atoms with Gasteiger partial charge in [-0.1, -0.05) is 12.1 Å². The average molecular weight is 278 g/mol. The quantitative estimate of drug-likeness (QED) is 0.828. The minimum absolute atomic E-state index is 0.0868. The Kier molecular flexibility index (Phi) is 3.73. The molecule has 100 valence electrons. The van der Waals surface area contributed by atoms with E-state index in [0.29, 0.717) is 18.0 Å². The van der Waals surface area contributed by atoms with E-state index in [1.165, 1.54) is 12.1 Å². The summed E-state index contributed by atoms with van der Waals surface area (Å²) in [4.78, 5) is 0.0868. The lowest BCUT2D eigenvalue weighted by atomic mass is 10.2. The molecule has 0 atom stereocenters. The van der Waals surface area contributed by atoms with E-state index < -0.39 is 10.0 Å². The minimum atomic E-state index is -3.65. The van der Waals surface area contributed by atoms with E-state index in [1.54, 1.807) is 36.4 Å². The van der Waals surface area contributed by atoms with Gasteiger partial charge in [-0.2, -0.15) is 0 Å². The normalized spacial score (nSPS) is 11.2. The lowest BCUT2D eigenvalue weighted by Gasteiger charge is -2.07. The van der Waals surface area contributed by atoms with E-state index >= 15 is 0 Å². The molecule has 0 radical (unpaired) electrons. The van der Waals surface area contributed by atoms with Crippen molar-refractivity contribution in [3.8, 4) is 5.75 Å². The number of nitrogens with two attached hydrogens (primary N) is 2. The number of anilines is 1. The lowest BCUT2D eigenvalue weighted by molar-refractivity contribution is 0.306. The van der Waals surface area contributed by atoms with Gasteiger partial charge in [0.15, 0.2) is 0 Å². The molecule has 0 fully saturated rings. The molecule has 2 aromatic carbocycles. The highest BCUT2D eigenvalue weighted by atomic mass is 32.2. The molecular weight excluding hydrogens is 264 g/mol. The van der Waals surface area contributed by atoms with Crippen molar-refractivity contribution in [2.24, 2.45) is 5.14 Å². The molecule has 0 spiro atoms. The van der Waals surface area contributed by atoms with Crippen LogP contribution in [0, 0.1) is 0 Å². The largest absolute Gasteiger partial charge is 0.489 e. The Morgan fingerprint density at radius 2 is 1.53 bits per heavy atom. The van der Waals surface area contributed by atoms with Crippen LogP contribution in [-0.2, 0) is 16.6 Å². The van der Waals surface area contributed by atoms with E-state index in [-0.39, 0.29) is 4.90 Å². The van der Waals surface area contributed by atoms with Crippen molar-refractivity contribution in [1.29, 1.82) is 0 Å². The summed E-state index contributed by atoms with van der Waals surface area (Å²) >= 11 is 0. The molecule has 6 heteroatoms. The van der Waals surface area contributed by atoms with Gasteiger partial charge < -0.3 is 10.5 Å². The number of rotatable bonds is 4. The number of hydrogen-bond acceptors (Lipinski definition) is 4. The van der Waals surface area contributed by atoms with Gasteiger partial charge >= 0.3 is 0 Å².